The minimum absolute atomic E-state index is 0.0102. The van der Waals surface area contributed by atoms with Gasteiger partial charge >= 0.3 is 0 Å². The Morgan fingerprint density at radius 3 is 2.74 bits per heavy atom. The van der Waals surface area contributed by atoms with Crippen molar-refractivity contribution < 1.29 is 9.59 Å². The predicted molar refractivity (Wildman–Crippen MR) is 72.3 cm³/mol. The summed E-state index contributed by atoms with van der Waals surface area (Å²) >= 11 is 0. The molecule has 1 heterocycles. The van der Waals surface area contributed by atoms with Crippen LogP contribution in [0.1, 0.15) is 38.2 Å². The normalized spacial score (nSPS) is 19.2. The van der Waals surface area contributed by atoms with Crippen LogP contribution < -0.4 is 0 Å². The van der Waals surface area contributed by atoms with Crippen LogP contribution in [0, 0.1) is 5.92 Å². The lowest BCUT2D eigenvalue weighted by atomic mass is 9.87. The zero-order chi connectivity index (χ0) is 13.7. The third kappa shape index (κ3) is 3.40. The molecule has 1 saturated carbocycles. The van der Waals surface area contributed by atoms with Crippen LogP contribution in [0.5, 0.6) is 0 Å². The maximum absolute atomic E-state index is 12.4. The molecule has 1 amide bonds. The Bertz CT molecular complexity index is 445. The summed E-state index contributed by atoms with van der Waals surface area (Å²) in [5.74, 6) is -0.302. The highest BCUT2D eigenvalue weighted by Gasteiger charge is 2.31. The fraction of sp³-hybridized carbons (Fsp3) is 0.533. The van der Waals surface area contributed by atoms with Crippen molar-refractivity contribution in [1.82, 2.24) is 9.88 Å². The number of nitrogens with zero attached hydrogens (tertiary/aromatic N) is 2. The molecule has 0 bridgehead atoms. The average Bonchev–Trinajstić information content (AvgIpc) is 2.46. The molecule has 1 fully saturated rings. The van der Waals surface area contributed by atoms with Gasteiger partial charge in [-0.1, -0.05) is 6.42 Å². The van der Waals surface area contributed by atoms with Crippen molar-refractivity contribution in [3.05, 3.63) is 30.1 Å². The summed E-state index contributed by atoms with van der Waals surface area (Å²) < 4.78 is 0. The molecule has 0 spiro atoms. The quantitative estimate of drug-likeness (QED) is 0.780. The van der Waals surface area contributed by atoms with Gasteiger partial charge in [-0.3, -0.25) is 14.6 Å². The summed E-state index contributed by atoms with van der Waals surface area (Å²) in [5.41, 5.74) is 1.05. The second-order valence-corrected chi connectivity index (χ2v) is 4.97. The zero-order valence-electron chi connectivity index (χ0n) is 11.3. The van der Waals surface area contributed by atoms with E-state index in [2.05, 4.69) is 4.98 Å². The molecular weight excluding hydrogens is 240 g/mol. The van der Waals surface area contributed by atoms with Gasteiger partial charge in [0, 0.05) is 31.9 Å². The lowest BCUT2D eigenvalue weighted by molar-refractivity contribution is -0.143. The Morgan fingerprint density at radius 1 is 1.37 bits per heavy atom. The summed E-state index contributed by atoms with van der Waals surface area (Å²) in [6, 6.07) is 3.80. The van der Waals surface area contributed by atoms with Crippen LogP contribution in [0.4, 0.5) is 0 Å². The van der Waals surface area contributed by atoms with Gasteiger partial charge in [0.05, 0.1) is 5.92 Å². The number of aromatic nitrogens is 1. The molecule has 4 heteroatoms. The van der Waals surface area contributed by atoms with E-state index in [1.807, 2.05) is 19.1 Å². The highest BCUT2D eigenvalue weighted by Crippen LogP contribution is 2.23. The molecular formula is C15H20N2O2. The van der Waals surface area contributed by atoms with E-state index in [9.17, 15) is 9.59 Å². The summed E-state index contributed by atoms with van der Waals surface area (Å²) in [5, 5.41) is 0. The standard InChI is InChI=1S/C15H20N2O2/c1-2-17(11-12-7-9-16-10-8-12)15(19)13-5-3-4-6-14(13)18/h7-10,13H,2-6,11H2,1H3. The Morgan fingerprint density at radius 2 is 2.11 bits per heavy atom. The number of rotatable bonds is 4. The molecule has 1 atom stereocenters. The van der Waals surface area contributed by atoms with Gasteiger partial charge in [0.15, 0.2) is 0 Å². The molecule has 1 aliphatic carbocycles. The second kappa shape index (κ2) is 6.45. The van der Waals surface area contributed by atoms with Crippen molar-refractivity contribution >= 4 is 11.7 Å². The first-order chi connectivity index (χ1) is 9.22. The van der Waals surface area contributed by atoms with Gasteiger partial charge in [0.1, 0.15) is 5.78 Å². The molecule has 0 N–H and O–H groups in total. The highest BCUT2D eigenvalue weighted by atomic mass is 16.2. The van der Waals surface area contributed by atoms with Gasteiger partial charge in [-0.2, -0.15) is 0 Å². The Balaban J connectivity index is 2.04. The summed E-state index contributed by atoms with van der Waals surface area (Å²) in [4.78, 5) is 30.0. The first kappa shape index (κ1) is 13.7. The maximum Gasteiger partial charge on any atom is 0.233 e. The Hall–Kier alpha value is -1.71. The van der Waals surface area contributed by atoms with Crippen LogP contribution in [0.25, 0.3) is 0 Å². The first-order valence-electron chi connectivity index (χ1n) is 6.92. The van der Waals surface area contributed by atoms with Crippen molar-refractivity contribution in [3.8, 4) is 0 Å². The van der Waals surface area contributed by atoms with Crippen molar-refractivity contribution in [2.24, 2.45) is 5.92 Å². The lowest BCUT2D eigenvalue weighted by Gasteiger charge is -2.27. The van der Waals surface area contributed by atoms with Crippen molar-refractivity contribution in [3.63, 3.8) is 0 Å². The number of hydrogen-bond donors (Lipinski definition) is 0. The molecule has 1 aliphatic rings. The van der Waals surface area contributed by atoms with E-state index >= 15 is 0 Å². The van der Waals surface area contributed by atoms with Crippen LogP contribution >= 0.6 is 0 Å². The molecule has 0 radical (unpaired) electrons. The SMILES string of the molecule is CCN(Cc1ccncc1)C(=O)C1CCCCC1=O. The zero-order valence-corrected chi connectivity index (χ0v) is 11.3. The van der Waals surface area contributed by atoms with E-state index in [-0.39, 0.29) is 11.7 Å². The van der Waals surface area contributed by atoms with Gasteiger partial charge in [0.2, 0.25) is 5.91 Å². The molecule has 0 aromatic carbocycles. The van der Waals surface area contributed by atoms with Gasteiger partial charge in [-0.15, -0.1) is 0 Å². The van der Waals surface area contributed by atoms with Crippen molar-refractivity contribution in [2.45, 2.75) is 39.2 Å². The van der Waals surface area contributed by atoms with Crippen LogP contribution in [-0.4, -0.2) is 28.1 Å². The van der Waals surface area contributed by atoms with Crippen LogP contribution in [0.3, 0.4) is 0 Å². The second-order valence-electron chi connectivity index (χ2n) is 4.97. The molecule has 1 unspecified atom stereocenters. The highest BCUT2D eigenvalue weighted by molar-refractivity contribution is 6.01. The molecule has 0 saturated heterocycles. The van der Waals surface area contributed by atoms with Gasteiger partial charge in [-0.05, 0) is 37.5 Å². The van der Waals surface area contributed by atoms with Crippen molar-refractivity contribution in [1.29, 1.82) is 0 Å². The molecule has 1 aromatic heterocycles. The molecule has 1 aromatic rings. The molecule has 0 aliphatic heterocycles. The van der Waals surface area contributed by atoms with E-state index in [0.29, 0.717) is 25.9 Å². The fourth-order valence-corrected chi connectivity index (χ4v) is 2.52. The van der Waals surface area contributed by atoms with Crippen LogP contribution in [0.15, 0.2) is 24.5 Å². The topological polar surface area (TPSA) is 50.3 Å². The number of ketones is 1. The number of carbonyl (C=O) groups is 2. The number of amides is 1. The van der Waals surface area contributed by atoms with E-state index in [1.165, 1.54) is 0 Å². The number of pyridine rings is 1. The van der Waals surface area contributed by atoms with Gasteiger partial charge in [0.25, 0.3) is 0 Å². The molecule has 19 heavy (non-hydrogen) atoms. The van der Waals surface area contributed by atoms with Crippen LogP contribution in [-0.2, 0) is 16.1 Å². The minimum atomic E-state index is -0.407. The summed E-state index contributed by atoms with van der Waals surface area (Å²) in [7, 11) is 0. The van der Waals surface area contributed by atoms with E-state index in [4.69, 9.17) is 0 Å². The molecule has 102 valence electrons. The molecule has 4 nitrogen and oxygen atoms in total. The Labute approximate surface area is 113 Å². The van der Waals surface area contributed by atoms with Crippen LogP contribution in [0.2, 0.25) is 0 Å². The van der Waals surface area contributed by atoms with E-state index in [1.54, 1.807) is 17.3 Å². The maximum atomic E-state index is 12.4. The largest absolute Gasteiger partial charge is 0.338 e. The van der Waals surface area contributed by atoms with E-state index in [0.717, 1.165) is 18.4 Å². The smallest absolute Gasteiger partial charge is 0.233 e. The summed E-state index contributed by atoms with van der Waals surface area (Å²) in [6.07, 6.45) is 6.63. The molecule has 2 rings (SSSR count). The number of Topliss-reactive ketones (excluding diaryl/α,β-unsaturated/α-hetero) is 1. The fourth-order valence-electron chi connectivity index (χ4n) is 2.52. The average molecular weight is 260 g/mol. The first-order valence-corrected chi connectivity index (χ1v) is 6.92. The minimum Gasteiger partial charge on any atom is -0.338 e. The third-order valence-corrected chi connectivity index (χ3v) is 3.67. The van der Waals surface area contributed by atoms with E-state index < -0.39 is 5.92 Å². The number of carbonyl (C=O) groups excluding carboxylic acids is 2. The van der Waals surface area contributed by atoms with Crippen molar-refractivity contribution in [2.75, 3.05) is 6.54 Å². The number of hydrogen-bond acceptors (Lipinski definition) is 3. The van der Waals surface area contributed by atoms with Gasteiger partial charge < -0.3 is 4.90 Å². The third-order valence-electron chi connectivity index (χ3n) is 3.67. The monoisotopic (exact) mass is 260 g/mol. The lowest BCUT2D eigenvalue weighted by Crippen LogP contribution is -2.40. The Kier molecular flexibility index (Phi) is 4.66. The van der Waals surface area contributed by atoms with Gasteiger partial charge in [-0.25, -0.2) is 0 Å². The predicted octanol–water partition coefficient (Wildman–Crippen LogP) is 2.19. The summed E-state index contributed by atoms with van der Waals surface area (Å²) in [6.45, 7) is 3.14.